The van der Waals surface area contributed by atoms with Gasteiger partial charge in [-0.1, -0.05) is 30.4 Å². The zero-order valence-electron chi connectivity index (χ0n) is 14.7. The summed E-state index contributed by atoms with van der Waals surface area (Å²) in [6, 6.07) is 10.3. The van der Waals surface area contributed by atoms with Crippen LogP contribution in [0.4, 0.5) is 5.69 Å². The standard InChI is InChI=1S/C20H27N3O2/c24-19(16-17-6-4-5-7-17)21-11-10-20(25)23-14-12-22(13-15-23)18-8-2-1-3-9-18/h1-4,6,8-9,17H,5,7,10-16H2,(H,21,24)/t17-/m1/s1. The number of piperazine rings is 1. The molecule has 1 heterocycles. The van der Waals surface area contributed by atoms with Gasteiger partial charge in [-0.15, -0.1) is 0 Å². The molecule has 1 N–H and O–H groups in total. The van der Waals surface area contributed by atoms with Crippen LogP contribution in [0.1, 0.15) is 25.7 Å². The number of benzene rings is 1. The van der Waals surface area contributed by atoms with Crippen LogP contribution in [0, 0.1) is 5.92 Å². The molecule has 134 valence electrons. The summed E-state index contributed by atoms with van der Waals surface area (Å²) in [5.74, 6) is 0.564. The SMILES string of the molecule is O=C(C[C@@H]1C=CCC1)NCCC(=O)N1CCN(c2ccccc2)CC1. The van der Waals surface area contributed by atoms with E-state index in [1.54, 1.807) is 0 Å². The number of carbonyl (C=O) groups is 2. The zero-order valence-corrected chi connectivity index (χ0v) is 14.7. The first-order valence-electron chi connectivity index (χ1n) is 9.23. The van der Waals surface area contributed by atoms with Crippen LogP contribution in [-0.2, 0) is 9.59 Å². The van der Waals surface area contributed by atoms with Crippen molar-refractivity contribution in [3.05, 3.63) is 42.5 Å². The van der Waals surface area contributed by atoms with Gasteiger partial charge < -0.3 is 15.1 Å². The molecule has 0 spiro atoms. The second-order valence-corrected chi connectivity index (χ2v) is 6.77. The van der Waals surface area contributed by atoms with Crippen molar-refractivity contribution in [2.75, 3.05) is 37.6 Å². The lowest BCUT2D eigenvalue weighted by Crippen LogP contribution is -2.49. The van der Waals surface area contributed by atoms with Crippen molar-refractivity contribution in [1.29, 1.82) is 0 Å². The van der Waals surface area contributed by atoms with Gasteiger partial charge in [0.05, 0.1) is 0 Å². The minimum Gasteiger partial charge on any atom is -0.368 e. The fourth-order valence-electron chi connectivity index (χ4n) is 3.50. The van der Waals surface area contributed by atoms with Gasteiger partial charge in [0.15, 0.2) is 0 Å². The molecule has 0 unspecified atom stereocenters. The van der Waals surface area contributed by atoms with Gasteiger partial charge in [0, 0.05) is 51.3 Å². The second-order valence-electron chi connectivity index (χ2n) is 6.77. The largest absolute Gasteiger partial charge is 0.368 e. The summed E-state index contributed by atoms with van der Waals surface area (Å²) in [5.41, 5.74) is 1.21. The Balaban J connectivity index is 1.34. The summed E-state index contributed by atoms with van der Waals surface area (Å²) in [6.45, 7) is 3.64. The lowest BCUT2D eigenvalue weighted by atomic mass is 10.1. The molecule has 3 rings (SSSR count). The Morgan fingerprint density at radius 2 is 1.84 bits per heavy atom. The Bertz CT molecular complexity index is 607. The fraction of sp³-hybridized carbons (Fsp3) is 0.500. The summed E-state index contributed by atoms with van der Waals surface area (Å²) in [7, 11) is 0. The Labute approximate surface area is 149 Å². The molecule has 1 saturated heterocycles. The van der Waals surface area contributed by atoms with E-state index in [4.69, 9.17) is 0 Å². The van der Waals surface area contributed by atoms with E-state index < -0.39 is 0 Å². The van der Waals surface area contributed by atoms with Gasteiger partial charge in [-0.25, -0.2) is 0 Å². The highest BCUT2D eigenvalue weighted by molar-refractivity contribution is 5.79. The Hall–Kier alpha value is -2.30. The molecule has 1 aliphatic heterocycles. The molecule has 2 aliphatic rings. The van der Waals surface area contributed by atoms with Crippen molar-refractivity contribution >= 4 is 17.5 Å². The van der Waals surface area contributed by atoms with E-state index in [2.05, 4.69) is 34.5 Å². The number of amides is 2. The Morgan fingerprint density at radius 1 is 1.08 bits per heavy atom. The van der Waals surface area contributed by atoms with Crippen molar-refractivity contribution in [2.45, 2.75) is 25.7 Å². The van der Waals surface area contributed by atoms with Crippen LogP contribution in [0.5, 0.6) is 0 Å². The van der Waals surface area contributed by atoms with Crippen molar-refractivity contribution in [3.63, 3.8) is 0 Å². The first-order valence-corrected chi connectivity index (χ1v) is 9.23. The van der Waals surface area contributed by atoms with Gasteiger partial charge in [-0.3, -0.25) is 9.59 Å². The monoisotopic (exact) mass is 341 g/mol. The average Bonchev–Trinajstić information content (AvgIpc) is 3.15. The van der Waals surface area contributed by atoms with Crippen LogP contribution in [0.25, 0.3) is 0 Å². The van der Waals surface area contributed by atoms with Crippen LogP contribution in [-0.4, -0.2) is 49.4 Å². The van der Waals surface area contributed by atoms with Crippen LogP contribution in [0.2, 0.25) is 0 Å². The van der Waals surface area contributed by atoms with Crippen LogP contribution in [0.3, 0.4) is 0 Å². The predicted molar refractivity (Wildman–Crippen MR) is 99.3 cm³/mol. The van der Waals surface area contributed by atoms with E-state index in [9.17, 15) is 9.59 Å². The molecule has 0 saturated carbocycles. The normalized spacial score (nSPS) is 19.9. The van der Waals surface area contributed by atoms with E-state index in [1.807, 2.05) is 23.1 Å². The van der Waals surface area contributed by atoms with Crippen LogP contribution in [0.15, 0.2) is 42.5 Å². The Morgan fingerprint density at radius 3 is 2.52 bits per heavy atom. The van der Waals surface area contributed by atoms with E-state index in [0.29, 0.717) is 25.3 Å². The molecule has 2 amide bonds. The molecule has 1 fully saturated rings. The minimum absolute atomic E-state index is 0.0539. The van der Waals surface area contributed by atoms with Crippen LogP contribution >= 0.6 is 0 Å². The molecule has 5 heteroatoms. The highest BCUT2D eigenvalue weighted by Crippen LogP contribution is 2.20. The van der Waals surface area contributed by atoms with Crippen molar-refractivity contribution < 1.29 is 9.59 Å². The third-order valence-electron chi connectivity index (χ3n) is 4.97. The number of allylic oxidation sites excluding steroid dienone is 2. The maximum Gasteiger partial charge on any atom is 0.224 e. The number of hydrogen-bond acceptors (Lipinski definition) is 3. The molecule has 1 aromatic rings. The molecule has 1 atom stereocenters. The first kappa shape index (κ1) is 17.5. The molecular formula is C20H27N3O2. The lowest BCUT2D eigenvalue weighted by molar-refractivity contribution is -0.131. The van der Waals surface area contributed by atoms with Crippen LogP contribution < -0.4 is 10.2 Å². The highest BCUT2D eigenvalue weighted by Gasteiger charge is 2.21. The van der Waals surface area contributed by atoms with E-state index in [0.717, 1.165) is 39.0 Å². The van der Waals surface area contributed by atoms with Gasteiger partial charge >= 0.3 is 0 Å². The lowest BCUT2D eigenvalue weighted by Gasteiger charge is -2.36. The minimum atomic E-state index is 0.0539. The molecule has 25 heavy (non-hydrogen) atoms. The number of para-hydroxylation sites is 1. The average molecular weight is 341 g/mol. The van der Waals surface area contributed by atoms with Gasteiger partial charge in [0.1, 0.15) is 0 Å². The molecule has 0 radical (unpaired) electrons. The predicted octanol–water partition coefficient (Wildman–Crippen LogP) is 2.20. The van der Waals surface area contributed by atoms with Gasteiger partial charge in [0.2, 0.25) is 11.8 Å². The summed E-state index contributed by atoms with van der Waals surface area (Å²) < 4.78 is 0. The quantitative estimate of drug-likeness (QED) is 0.807. The van der Waals surface area contributed by atoms with Crippen molar-refractivity contribution in [3.8, 4) is 0 Å². The summed E-state index contributed by atoms with van der Waals surface area (Å²) >= 11 is 0. The molecule has 5 nitrogen and oxygen atoms in total. The highest BCUT2D eigenvalue weighted by atomic mass is 16.2. The van der Waals surface area contributed by atoms with E-state index in [-0.39, 0.29) is 11.8 Å². The van der Waals surface area contributed by atoms with Gasteiger partial charge in [-0.05, 0) is 30.9 Å². The third-order valence-corrected chi connectivity index (χ3v) is 4.97. The smallest absolute Gasteiger partial charge is 0.224 e. The van der Waals surface area contributed by atoms with Gasteiger partial charge in [0.25, 0.3) is 0 Å². The molecule has 1 aromatic carbocycles. The maximum absolute atomic E-state index is 12.3. The molecule has 1 aliphatic carbocycles. The first-order chi connectivity index (χ1) is 12.2. The number of rotatable bonds is 6. The zero-order chi connectivity index (χ0) is 17.5. The molecule has 0 aromatic heterocycles. The summed E-state index contributed by atoms with van der Waals surface area (Å²) in [4.78, 5) is 28.4. The van der Waals surface area contributed by atoms with Crippen molar-refractivity contribution in [1.82, 2.24) is 10.2 Å². The summed E-state index contributed by atoms with van der Waals surface area (Å²) in [5, 5.41) is 2.88. The number of nitrogens with zero attached hydrogens (tertiary/aromatic N) is 2. The number of anilines is 1. The Kier molecular flexibility index (Phi) is 6.09. The van der Waals surface area contributed by atoms with Crippen molar-refractivity contribution in [2.24, 2.45) is 5.92 Å². The third kappa shape index (κ3) is 5.08. The number of nitrogens with one attached hydrogen (secondary N) is 1. The topological polar surface area (TPSA) is 52.7 Å². The number of carbonyl (C=O) groups excluding carboxylic acids is 2. The second kappa shape index (κ2) is 8.70. The summed E-state index contributed by atoms with van der Waals surface area (Å²) in [6.07, 6.45) is 7.33. The molecular weight excluding hydrogens is 314 g/mol. The van der Waals surface area contributed by atoms with E-state index >= 15 is 0 Å². The van der Waals surface area contributed by atoms with E-state index in [1.165, 1.54) is 5.69 Å². The number of hydrogen-bond donors (Lipinski definition) is 1. The molecule has 0 bridgehead atoms. The maximum atomic E-state index is 12.3. The fourth-order valence-corrected chi connectivity index (χ4v) is 3.50. The van der Waals surface area contributed by atoms with Gasteiger partial charge in [-0.2, -0.15) is 0 Å².